The number of benzene rings is 1. The molecule has 0 amide bonds. The lowest BCUT2D eigenvalue weighted by atomic mass is 9.99. The van der Waals surface area contributed by atoms with Crippen LogP contribution in [0.25, 0.3) is 0 Å². The minimum Gasteiger partial charge on any atom is -0.508 e. The fraction of sp³-hybridized carbons (Fsp3) is 0.400. The summed E-state index contributed by atoms with van der Waals surface area (Å²) in [5, 5.41) is 18.6. The normalized spacial score (nSPS) is 18.3. The van der Waals surface area contributed by atoms with Crippen LogP contribution in [0.1, 0.15) is 23.5 Å². The lowest BCUT2D eigenvalue weighted by Crippen LogP contribution is -2.24. The summed E-state index contributed by atoms with van der Waals surface area (Å²) in [6.07, 6.45) is 4.75. The van der Waals surface area contributed by atoms with Gasteiger partial charge in [-0.25, -0.2) is 4.98 Å². The van der Waals surface area contributed by atoms with Gasteiger partial charge >= 0.3 is 0 Å². The zero-order valence-electron chi connectivity index (χ0n) is 10.8. The standard InChI is InChI=1S/C15H18N2O2/c18-10-12-1-4-13-8-16-15(17(13)9-12)7-11-2-5-14(19)6-3-11/h2-3,5-6,8,12,18-19H,1,4,7,9-10H2. The molecule has 0 fully saturated rings. The number of phenols is 1. The molecule has 4 heteroatoms. The molecule has 1 aromatic carbocycles. The minimum atomic E-state index is 0.246. The molecule has 1 aliphatic heterocycles. The summed E-state index contributed by atoms with van der Waals surface area (Å²) in [7, 11) is 0. The van der Waals surface area contributed by atoms with Crippen LogP contribution < -0.4 is 0 Å². The van der Waals surface area contributed by atoms with Gasteiger partial charge in [0.1, 0.15) is 11.6 Å². The molecule has 19 heavy (non-hydrogen) atoms. The quantitative estimate of drug-likeness (QED) is 0.881. The van der Waals surface area contributed by atoms with Crippen molar-refractivity contribution in [1.82, 2.24) is 9.55 Å². The molecule has 2 heterocycles. The van der Waals surface area contributed by atoms with Crippen LogP contribution in [0.15, 0.2) is 30.5 Å². The summed E-state index contributed by atoms with van der Waals surface area (Å²) in [5.41, 5.74) is 2.40. The van der Waals surface area contributed by atoms with Crippen LogP contribution in [0.3, 0.4) is 0 Å². The Hall–Kier alpha value is -1.81. The van der Waals surface area contributed by atoms with E-state index >= 15 is 0 Å². The number of fused-ring (bicyclic) bond motifs is 1. The van der Waals surface area contributed by atoms with Gasteiger partial charge in [0.25, 0.3) is 0 Å². The van der Waals surface area contributed by atoms with Gasteiger partial charge in [0.05, 0.1) is 0 Å². The van der Waals surface area contributed by atoms with Crippen LogP contribution in [0, 0.1) is 5.92 Å². The van der Waals surface area contributed by atoms with Crippen molar-refractivity contribution < 1.29 is 10.2 Å². The van der Waals surface area contributed by atoms with E-state index < -0.39 is 0 Å². The lowest BCUT2D eigenvalue weighted by Gasteiger charge is -2.23. The first-order valence-corrected chi connectivity index (χ1v) is 6.68. The molecule has 4 nitrogen and oxygen atoms in total. The van der Waals surface area contributed by atoms with Crippen LogP contribution in [0.5, 0.6) is 5.75 Å². The Kier molecular flexibility index (Phi) is 3.25. The second-order valence-electron chi connectivity index (χ2n) is 5.21. The molecule has 3 rings (SSSR count). The van der Waals surface area contributed by atoms with E-state index in [1.807, 2.05) is 18.3 Å². The number of imidazole rings is 1. The highest BCUT2D eigenvalue weighted by molar-refractivity contribution is 5.28. The molecule has 0 spiro atoms. The van der Waals surface area contributed by atoms with E-state index in [0.717, 1.165) is 37.2 Å². The Morgan fingerprint density at radius 3 is 2.79 bits per heavy atom. The summed E-state index contributed by atoms with van der Waals surface area (Å²) < 4.78 is 2.23. The molecular formula is C15H18N2O2. The number of nitrogens with zero attached hydrogens (tertiary/aromatic N) is 2. The van der Waals surface area contributed by atoms with E-state index in [2.05, 4.69) is 9.55 Å². The van der Waals surface area contributed by atoms with Crippen molar-refractivity contribution in [3.8, 4) is 5.75 Å². The third-order valence-corrected chi connectivity index (χ3v) is 3.83. The number of aromatic nitrogens is 2. The fourth-order valence-electron chi connectivity index (χ4n) is 2.66. The smallest absolute Gasteiger partial charge is 0.115 e. The topological polar surface area (TPSA) is 58.3 Å². The maximum absolute atomic E-state index is 9.30. The van der Waals surface area contributed by atoms with Gasteiger partial charge in [-0.05, 0) is 30.5 Å². The Bertz CT molecular complexity index is 560. The number of hydrogen-bond acceptors (Lipinski definition) is 3. The van der Waals surface area contributed by atoms with Crippen LogP contribution >= 0.6 is 0 Å². The van der Waals surface area contributed by atoms with Crippen molar-refractivity contribution >= 4 is 0 Å². The molecule has 100 valence electrons. The van der Waals surface area contributed by atoms with E-state index in [0.29, 0.717) is 5.92 Å². The predicted octanol–water partition coefficient (Wildman–Crippen LogP) is 1.73. The summed E-state index contributed by atoms with van der Waals surface area (Å²) in [5.74, 6) is 1.67. The number of aromatic hydroxyl groups is 1. The number of rotatable bonds is 3. The molecule has 0 aliphatic carbocycles. The summed E-state index contributed by atoms with van der Waals surface area (Å²) in [6, 6.07) is 7.24. The largest absolute Gasteiger partial charge is 0.508 e. The van der Waals surface area contributed by atoms with E-state index in [-0.39, 0.29) is 12.4 Å². The van der Waals surface area contributed by atoms with Gasteiger partial charge in [-0.15, -0.1) is 0 Å². The first-order valence-electron chi connectivity index (χ1n) is 6.68. The number of hydrogen-bond donors (Lipinski definition) is 2. The third kappa shape index (κ3) is 2.49. The maximum atomic E-state index is 9.30. The molecule has 0 bridgehead atoms. The number of aliphatic hydroxyl groups is 1. The van der Waals surface area contributed by atoms with E-state index in [1.54, 1.807) is 12.1 Å². The van der Waals surface area contributed by atoms with Crippen molar-refractivity contribution in [2.24, 2.45) is 5.92 Å². The lowest BCUT2D eigenvalue weighted by molar-refractivity contribution is 0.190. The third-order valence-electron chi connectivity index (χ3n) is 3.83. The molecule has 0 radical (unpaired) electrons. The van der Waals surface area contributed by atoms with Crippen LogP contribution in [0.4, 0.5) is 0 Å². The minimum absolute atomic E-state index is 0.246. The van der Waals surface area contributed by atoms with E-state index in [1.165, 1.54) is 5.69 Å². The average molecular weight is 258 g/mol. The first-order chi connectivity index (χ1) is 9.26. The second-order valence-corrected chi connectivity index (χ2v) is 5.21. The van der Waals surface area contributed by atoms with Gasteiger partial charge in [0.2, 0.25) is 0 Å². The summed E-state index contributed by atoms with van der Waals surface area (Å²) in [4.78, 5) is 4.50. The second kappa shape index (κ2) is 5.05. The van der Waals surface area contributed by atoms with Gasteiger partial charge in [-0.3, -0.25) is 0 Å². The van der Waals surface area contributed by atoms with Gasteiger partial charge in [0.15, 0.2) is 0 Å². The van der Waals surface area contributed by atoms with Gasteiger partial charge in [-0.1, -0.05) is 12.1 Å². The Morgan fingerprint density at radius 2 is 2.05 bits per heavy atom. The number of aryl methyl sites for hydroxylation is 1. The van der Waals surface area contributed by atoms with Crippen LogP contribution in [0.2, 0.25) is 0 Å². The van der Waals surface area contributed by atoms with Crippen molar-refractivity contribution in [2.75, 3.05) is 6.61 Å². The van der Waals surface area contributed by atoms with Gasteiger partial charge in [0, 0.05) is 37.4 Å². The molecule has 2 aromatic rings. The first kappa shape index (κ1) is 12.2. The van der Waals surface area contributed by atoms with Crippen molar-refractivity contribution in [2.45, 2.75) is 25.8 Å². The van der Waals surface area contributed by atoms with Gasteiger partial charge < -0.3 is 14.8 Å². The van der Waals surface area contributed by atoms with Crippen molar-refractivity contribution in [3.05, 3.63) is 47.5 Å². The van der Waals surface area contributed by atoms with E-state index in [9.17, 15) is 10.2 Å². The van der Waals surface area contributed by atoms with Crippen molar-refractivity contribution in [1.29, 1.82) is 0 Å². The number of phenolic OH excluding ortho intramolecular Hbond substituents is 1. The molecule has 0 saturated carbocycles. The maximum Gasteiger partial charge on any atom is 0.115 e. The fourth-order valence-corrected chi connectivity index (χ4v) is 2.66. The molecule has 2 N–H and O–H groups in total. The highest BCUT2D eigenvalue weighted by Gasteiger charge is 2.20. The van der Waals surface area contributed by atoms with Crippen molar-refractivity contribution in [3.63, 3.8) is 0 Å². The molecule has 1 unspecified atom stereocenters. The highest BCUT2D eigenvalue weighted by Crippen LogP contribution is 2.23. The van der Waals surface area contributed by atoms with Crippen LogP contribution in [-0.4, -0.2) is 26.4 Å². The molecule has 1 aromatic heterocycles. The zero-order valence-corrected chi connectivity index (χ0v) is 10.8. The predicted molar refractivity (Wildman–Crippen MR) is 72.0 cm³/mol. The molecular weight excluding hydrogens is 240 g/mol. The summed E-state index contributed by atoms with van der Waals surface area (Å²) in [6.45, 7) is 1.11. The number of aliphatic hydroxyl groups excluding tert-OH is 1. The zero-order chi connectivity index (χ0) is 13.2. The van der Waals surface area contributed by atoms with E-state index in [4.69, 9.17) is 0 Å². The molecule has 1 aliphatic rings. The average Bonchev–Trinajstić information content (AvgIpc) is 2.84. The molecule has 1 atom stereocenters. The Morgan fingerprint density at radius 1 is 1.26 bits per heavy atom. The Labute approximate surface area is 112 Å². The monoisotopic (exact) mass is 258 g/mol. The van der Waals surface area contributed by atoms with Gasteiger partial charge in [-0.2, -0.15) is 0 Å². The molecule has 0 saturated heterocycles. The van der Waals surface area contributed by atoms with Crippen LogP contribution in [-0.2, 0) is 19.4 Å². The Balaban J connectivity index is 1.82. The summed E-state index contributed by atoms with van der Waals surface area (Å²) >= 11 is 0. The SMILES string of the molecule is OCC1CCc2cnc(Cc3ccc(O)cc3)n2C1. The highest BCUT2D eigenvalue weighted by atomic mass is 16.3.